The van der Waals surface area contributed by atoms with E-state index in [4.69, 9.17) is 10.8 Å². The first-order chi connectivity index (χ1) is 7.18. The maximum absolute atomic E-state index is 10.6. The number of aromatic amines is 1. The molecule has 0 unspecified atom stereocenters. The molecule has 15 heavy (non-hydrogen) atoms. The number of carbonyl (C=O) groups is 1. The molecule has 2 aromatic rings. The van der Waals surface area contributed by atoms with Gasteiger partial charge in [0.2, 0.25) is 0 Å². The Morgan fingerprint density at radius 3 is 3.20 bits per heavy atom. The first-order valence-electron chi connectivity index (χ1n) is 4.58. The van der Waals surface area contributed by atoms with Crippen LogP contribution >= 0.6 is 0 Å². The molecule has 0 aliphatic heterocycles. The lowest BCUT2D eigenvalue weighted by atomic mass is 10.1. The number of hydrogen-bond donors (Lipinski definition) is 3. The molecular formula is C10H11N3O2. The number of aromatic nitrogens is 2. The molecule has 0 aromatic carbocycles. The van der Waals surface area contributed by atoms with Crippen molar-refractivity contribution in [1.82, 2.24) is 9.97 Å². The van der Waals surface area contributed by atoms with E-state index < -0.39 is 12.0 Å². The first kappa shape index (κ1) is 9.67. The quantitative estimate of drug-likeness (QED) is 0.681. The fraction of sp³-hybridized carbons (Fsp3) is 0.200. The number of hydrogen-bond acceptors (Lipinski definition) is 3. The third-order valence-corrected chi connectivity index (χ3v) is 2.27. The maximum Gasteiger partial charge on any atom is 0.320 e. The highest BCUT2D eigenvalue weighted by molar-refractivity contribution is 5.80. The van der Waals surface area contributed by atoms with E-state index in [1.54, 1.807) is 12.4 Å². The van der Waals surface area contributed by atoms with Crippen molar-refractivity contribution in [3.63, 3.8) is 0 Å². The summed E-state index contributed by atoms with van der Waals surface area (Å²) in [5.74, 6) is -1.000. The molecule has 0 saturated carbocycles. The number of rotatable bonds is 3. The van der Waals surface area contributed by atoms with Crippen molar-refractivity contribution in [1.29, 1.82) is 0 Å². The minimum Gasteiger partial charge on any atom is -0.480 e. The van der Waals surface area contributed by atoms with Crippen LogP contribution in [0.25, 0.3) is 11.0 Å². The second-order valence-corrected chi connectivity index (χ2v) is 3.36. The Hall–Kier alpha value is -1.88. The molecule has 78 valence electrons. The zero-order valence-corrected chi connectivity index (χ0v) is 7.97. The Morgan fingerprint density at radius 1 is 1.67 bits per heavy atom. The number of carboxylic acid groups (broad SMARTS) is 1. The number of aliphatic carboxylic acids is 1. The van der Waals surface area contributed by atoms with Crippen molar-refractivity contribution >= 4 is 17.0 Å². The fourth-order valence-electron chi connectivity index (χ4n) is 1.49. The van der Waals surface area contributed by atoms with Gasteiger partial charge in [0.1, 0.15) is 6.04 Å². The summed E-state index contributed by atoms with van der Waals surface area (Å²) in [5.41, 5.74) is 7.97. The Labute approximate surface area is 85.9 Å². The molecule has 2 rings (SSSR count). The van der Waals surface area contributed by atoms with Crippen molar-refractivity contribution in [2.24, 2.45) is 5.73 Å². The molecule has 0 saturated heterocycles. The normalized spacial score (nSPS) is 12.9. The SMILES string of the molecule is N[C@H](Cc1c[nH]c2cccnc12)C(=O)O. The zero-order chi connectivity index (χ0) is 10.8. The van der Waals surface area contributed by atoms with E-state index in [-0.39, 0.29) is 6.42 Å². The standard InChI is InChI=1S/C10H11N3O2/c11-7(10(14)15)4-6-5-13-8-2-1-3-12-9(6)8/h1-3,5,7,13H,4,11H2,(H,14,15)/t7-/m1/s1. The molecule has 0 bridgehead atoms. The lowest BCUT2D eigenvalue weighted by molar-refractivity contribution is -0.138. The summed E-state index contributed by atoms with van der Waals surface area (Å²) in [6.07, 6.45) is 3.71. The number of nitrogens with zero attached hydrogens (tertiary/aromatic N) is 1. The third-order valence-electron chi connectivity index (χ3n) is 2.27. The van der Waals surface area contributed by atoms with Crippen molar-refractivity contribution in [2.45, 2.75) is 12.5 Å². The van der Waals surface area contributed by atoms with Crippen LogP contribution in [-0.4, -0.2) is 27.1 Å². The van der Waals surface area contributed by atoms with Crippen LogP contribution in [0.3, 0.4) is 0 Å². The minimum atomic E-state index is -1.000. The predicted molar refractivity (Wildman–Crippen MR) is 55.4 cm³/mol. The molecule has 4 N–H and O–H groups in total. The van der Waals surface area contributed by atoms with E-state index in [1.165, 1.54) is 0 Å². The highest BCUT2D eigenvalue weighted by atomic mass is 16.4. The monoisotopic (exact) mass is 205 g/mol. The summed E-state index contributed by atoms with van der Waals surface area (Å²) in [4.78, 5) is 17.8. The third kappa shape index (κ3) is 1.82. The van der Waals surface area contributed by atoms with Crippen LogP contribution in [0.2, 0.25) is 0 Å². The number of nitrogens with two attached hydrogens (primary N) is 1. The molecule has 0 amide bonds. The van der Waals surface area contributed by atoms with E-state index in [1.807, 2.05) is 12.1 Å². The summed E-state index contributed by atoms with van der Waals surface area (Å²) in [6.45, 7) is 0. The average molecular weight is 205 g/mol. The van der Waals surface area contributed by atoms with Crippen molar-refractivity contribution in [2.75, 3.05) is 0 Å². The summed E-state index contributed by atoms with van der Waals surface area (Å²) >= 11 is 0. The molecule has 0 fully saturated rings. The van der Waals surface area contributed by atoms with E-state index >= 15 is 0 Å². The van der Waals surface area contributed by atoms with Crippen LogP contribution < -0.4 is 5.73 Å². The number of pyridine rings is 1. The fourth-order valence-corrected chi connectivity index (χ4v) is 1.49. The largest absolute Gasteiger partial charge is 0.480 e. The number of carboxylic acids is 1. The summed E-state index contributed by atoms with van der Waals surface area (Å²) in [6, 6.07) is 2.82. The molecule has 5 heteroatoms. The molecule has 2 heterocycles. The molecule has 2 aromatic heterocycles. The lowest BCUT2D eigenvalue weighted by Gasteiger charge is -2.03. The zero-order valence-electron chi connectivity index (χ0n) is 7.97. The van der Waals surface area contributed by atoms with Crippen LogP contribution in [0, 0.1) is 0 Å². The van der Waals surface area contributed by atoms with Gasteiger partial charge in [-0.25, -0.2) is 0 Å². The van der Waals surface area contributed by atoms with Gasteiger partial charge in [-0.2, -0.15) is 0 Å². The summed E-state index contributed by atoms with van der Waals surface area (Å²) < 4.78 is 0. The summed E-state index contributed by atoms with van der Waals surface area (Å²) in [7, 11) is 0. The van der Waals surface area contributed by atoms with Gasteiger partial charge in [0.25, 0.3) is 0 Å². The van der Waals surface area contributed by atoms with Crippen molar-refractivity contribution in [3.8, 4) is 0 Å². The van der Waals surface area contributed by atoms with Gasteiger partial charge in [0, 0.05) is 18.8 Å². The Morgan fingerprint density at radius 2 is 2.47 bits per heavy atom. The molecule has 0 radical (unpaired) electrons. The topological polar surface area (TPSA) is 92.0 Å². The Kier molecular flexibility index (Phi) is 2.39. The van der Waals surface area contributed by atoms with E-state index in [0.29, 0.717) is 0 Å². The number of nitrogens with one attached hydrogen (secondary N) is 1. The Balaban J connectivity index is 2.32. The smallest absolute Gasteiger partial charge is 0.320 e. The molecule has 0 aliphatic rings. The van der Waals surface area contributed by atoms with Crippen LogP contribution in [0.5, 0.6) is 0 Å². The van der Waals surface area contributed by atoms with Crippen LogP contribution in [-0.2, 0) is 11.2 Å². The summed E-state index contributed by atoms with van der Waals surface area (Å²) in [5, 5.41) is 8.70. The van der Waals surface area contributed by atoms with Gasteiger partial charge < -0.3 is 15.8 Å². The second kappa shape index (κ2) is 3.70. The van der Waals surface area contributed by atoms with Gasteiger partial charge in [0.15, 0.2) is 0 Å². The van der Waals surface area contributed by atoms with E-state index in [0.717, 1.165) is 16.6 Å². The highest BCUT2D eigenvalue weighted by Crippen LogP contribution is 2.15. The number of fused-ring (bicyclic) bond motifs is 1. The van der Waals surface area contributed by atoms with Gasteiger partial charge >= 0.3 is 5.97 Å². The number of H-pyrrole nitrogens is 1. The minimum absolute atomic E-state index is 0.284. The Bertz CT molecular complexity index is 492. The van der Waals surface area contributed by atoms with Gasteiger partial charge in [-0.1, -0.05) is 0 Å². The lowest BCUT2D eigenvalue weighted by Crippen LogP contribution is -2.32. The molecule has 0 aliphatic carbocycles. The van der Waals surface area contributed by atoms with Gasteiger partial charge in [-0.05, 0) is 17.7 Å². The predicted octanol–water partition coefficient (Wildman–Crippen LogP) is 0.517. The molecule has 1 atom stereocenters. The van der Waals surface area contributed by atoms with Crippen molar-refractivity contribution in [3.05, 3.63) is 30.1 Å². The maximum atomic E-state index is 10.6. The van der Waals surface area contributed by atoms with Gasteiger partial charge in [-0.15, -0.1) is 0 Å². The van der Waals surface area contributed by atoms with E-state index in [9.17, 15) is 4.79 Å². The second-order valence-electron chi connectivity index (χ2n) is 3.36. The molecule has 0 spiro atoms. The van der Waals surface area contributed by atoms with Gasteiger partial charge in [0.05, 0.1) is 11.0 Å². The molecule has 5 nitrogen and oxygen atoms in total. The molecular weight excluding hydrogens is 194 g/mol. The van der Waals surface area contributed by atoms with Crippen LogP contribution in [0.15, 0.2) is 24.5 Å². The first-order valence-corrected chi connectivity index (χ1v) is 4.58. The van der Waals surface area contributed by atoms with E-state index in [2.05, 4.69) is 9.97 Å². The highest BCUT2D eigenvalue weighted by Gasteiger charge is 2.14. The van der Waals surface area contributed by atoms with Crippen LogP contribution in [0.1, 0.15) is 5.56 Å². The van der Waals surface area contributed by atoms with Crippen LogP contribution in [0.4, 0.5) is 0 Å². The average Bonchev–Trinajstić information content (AvgIpc) is 2.62. The van der Waals surface area contributed by atoms with Gasteiger partial charge in [-0.3, -0.25) is 9.78 Å². The van der Waals surface area contributed by atoms with Crippen molar-refractivity contribution < 1.29 is 9.90 Å².